The SMILES string of the molecule is O=C(OCCOC(=O)c1ccc(C(O)O)c(C(O)O)c1)c1ccc(C(=O)O)c(C(=O)O)c1. The first-order valence-electron chi connectivity index (χ1n) is 8.84. The number of carboxylic acids is 2. The number of hydrogen-bond acceptors (Lipinski definition) is 10. The summed E-state index contributed by atoms with van der Waals surface area (Å²) in [6.45, 7) is -0.832. The van der Waals surface area contributed by atoms with Gasteiger partial charge in [0.1, 0.15) is 13.2 Å². The summed E-state index contributed by atoms with van der Waals surface area (Å²) in [6.07, 6.45) is -4.08. The highest BCUT2D eigenvalue weighted by atomic mass is 16.6. The first-order valence-corrected chi connectivity index (χ1v) is 8.84. The van der Waals surface area contributed by atoms with E-state index in [2.05, 4.69) is 0 Å². The molecule has 0 saturated carbocycles. The van der Waals surface area contributed by atoms with Crippen LogP contribution in [0.1, 0.15) is 65.1 Å². The molecule has 0 bridgehead atoms. The summed E-state index contributed by atoms with van der Waals surface area (Å²) in [4.78, 5) is 46.3. The van der Waals surface area contributed by atoms with Gasteiger partial charge >= 0.3 is 23.9 Å². The number of aromatic carboxylic acids is 2. The Hall–Kier alpha value is -3.84. The van der Waals surface area contributed by atoms with E-state index in [1.165, 1.54) is 0 Å². The number of aliphatic hydroxyl groups is 4. The third-order valence-electron chi connectivity index (χ3n) is 4.14. The van der Waals surface area contributed by atoms with E-state index in [-0.39, 0.29) is 22.3 Å². The average Bonchev–Trinajstić information content (AvgIpc) is 2.75. The van der Waals surface area contributed by atoms with Crippen LogP contribution >= 0.6 is 0 Å². The van der Waals surface area contributed by atoms with Gasteiger partial charge in [0.2, 0.25) is 0 Å². The summed E-state index contributed by atoms with van der Waals surface area (Å²) in [5.41, 5.74) is -2.01. The van der Waals surface area contributed by atoms with Crippen molar-refractivity contribution in [2.45, 2.75) is 12.6 Å². The van der Waals surface area contributed by atoms with E-state index in [1.54, 1.807) is 0 Å². The van der Waals surface area contributed by atoms with Gasteiger partial charge < -0.3 is 40.1 Å². The van der Waals surface area contributed by atoms with Crippen molar-refractivity contribution >= 4 is 23.9 Å². The van der Waals surface area contributed by atoms with E-state index in [0.717, 1.165) is 36.4 Å². The Morgan fingerprint density at radius 2 is 1.12 bits per heavy atom. The molecule has 0 atom stereocenters. The number of carbonyl (C=O) groups is 4. The van der Waals surface area contributed by atoms with Gasteiger partial charge in [-0.3, -0.25) is 0 Å². The van der Waals surface area contributed by atoms with Crippen LogP contribution in [0.25, 0.3) is 0 Å². The molecule has 0 spiro atoms. The molecule has 0 aliphatic carbocycles. The molecule has 0 saturated heterocycles. The van der Waals surface area contributed by atoms with Gasteiger partial charge in [0.15, 0.2) is 12.6 Å². The number of esters is 2. The Bertz CT molecular complexity index is 1040. The minimum atomic E-state index is -2.08. The number of rotatable bonds is 9. The standard InChI is InChI=1S/C20H18O12/c21-15(22)11-3-1-9(7-13(11)17(25)26)19(29)31-5-6-32-20(30)10-2-4-12(16(23)24)14(8-10)18(27)28/h1-4,7-8,15,17,21-22,25-26H,5-6H2,(H,23,24)(H,27,28). The number of aliphatic hydroxyl groups excluding tert-OH is 2. The Morgan fingerprint density at radius 3 is 1.59 bits per heavy atom. The van der Waals surface area contributed by atoms with Crippen LogP contribution in [0.3, 0.4) is 0 Å². The van der Waals surface area contributed by atoms with E-state index >= 15 is 0 Å². The van der Waals surface area contributed by atoms with Crippen LogP contribution < -0.4 is 0 Å². The van der Waals surface area contributed by atoms with Crippen LogP contribution in [0, 0.1) is 0 Å². The summed E-state index contributed by atoms with van der Waals surface area (Å²) in [6, 6.07) is 6.11. The van der Waals surface area contributed by atoms with Crippen molar-refractivity contribution in [2.75, 3.05) is 13.2 Å². The van der Waals surface area contributed by atoms with Gasteiger partial charge in [-0.25, -0.2) is 19.2 Å². The average molecular weight is 450 g/mol. The highest BCUT2D eigenvalue weighted by Gasteiger charge is 2.20. The second-order valence-corrected chi connectivity index (χ2v) is 6.23. The lowest BCUT2D eigenvalue weighted by Gasteiger charge is -2.14. The summed E-state index contributed by atoms with van der Waals surface area (Å²) in [7, 11) is 0. The topological polar surface area (TPSA) is 208 Å². The number of benzene rings is 2. The van der Waals surface area contributed by atoms with Crippen LogP contribution in [-0.4, -0.2) is 67.7 Å². The molecule has 12 heteroatoms. The van der Waals surface area contributed by atoms with Gasteiger partial charge in [-0.15, -0.1) is 0 Å². The van der Waals surface area contributed by atoms with Crippen LogP contribution in [0.5, 0.6) is 0 Å². The maximum atomic E-state index is 12.1. The highest BCUT2D eigenvalue weighted by Crippen LogP contribution is 2.23. The molecule has 0 aromatic heterocycles. The summed E-state index contributed by atoms with van der Waals surface area (Å²) in [5.74, 6) is -4.93. The molecule has 0 radical (unpaired) electrons. The zero-order valence-electron chi connectivity index (χ0n) is 16.2. The Morgan fingerprint density at radius 1 is 0.656 bits per heavy atom. The van der Waals surface area contributed by atoms with Gasteiger partial charge in [0.25, 0.3) is 0 Å². The van der Waals surface area contributed by atoms with Gasteiger partial charge in [-0.2, -0.15) is 0 Å². The van der Waals surface area contributed by atoms with Crippen molar-refractivity contribution in [1.82, 2.24) is 0 Å². The second kappa shape index (κ2) is 10.5. The third kappa shape index (κ3) is 5.86. The van der Waals surface area contributed by atoms with E-state index in [9.17, 15) is 39.6 Å². The molecule has 6 N–H and O–H groups in total. The first-order chi connectivity index (χ1) is 15.0. The highest BCUT2D eigenvalue weighted by molar-refractivity contribution is 6.03. The molecule has 12 nitrogen and oxygen atoms in total. The fourth-order valence-corrected chi connectivity index (χ4v) is 2.63. The second-order valence-electron chi connectivity index (χ2n) is 6.23. The Balaban J connectivity index is 1.97. The Kier molecular flexibility index (Phi) is 7.98. The van der Waals surface area contributed by atoms with Gasteiger partial charge in [0.05, 0.1) is 22.3 Å². The maximum Gasteiger partial charge on any atom is 0.338 e. The predicted molar refractivity (Wildman–Crippen MR) is 102 cm³/mol. The molecule has 0 heterocycles. The lowest BCUT2D eigenvalue weighted by atomic mass is 10.0. The number of ether oxygens (including phenoxy) is 2. The molecule has 2 aromatic carbocycles. The fraction of sp³-hybridized carbons (Fsp3) is 0.200. The van der Waals surface area contributed by atoms with Gasteiger partial charge in [-0.05, 0) is 30.3 Å². The molecule has 0 fully saturated rings. The van der Waals surface area contributed by atoms with Crippen molar-refractivity contribution in [1.29, 1.82) is 0 Å². The normalized spacial score (nSPS) is 10.8. The number of hydrogen-bond donors (Lipinski definition) is 6. The quantitative estimate of drug-likeness (QED) is 0.170. The van der Waals surface area contributed by atoms with Crippen molar-refractivity contribution in [3.63, 3.8) is 0 Å². The minimum Gasteiger partial charge on any atom is -0.478 e. The van der Waals surface area contributed by atoms with E-state index in [4.69, 9.17) is 19.7 Å². The Labute approximate surface area is 179 Å². The fourth-order valence-electron chi connectivity index (χ4n) is 2.63. The summed E-state index contributed by atoms with van der Waals surface area (Å²) >= 11 is 0. The third-order valence-corrected chi connectivity index (χ3v) is 4.14. The largest absolute Gasteiger partial charge is 0.478 e. The van der Waals surface area contributed by atoms with Crippen LogP contribution in [0.2, 0.25) is 0 Å². The van der Waals surface area contributed by atoms with Crippen LogP contribution in [-0.2, 0) is 9.47 Å². The number of carbonyl (C=O) groups excluding carboxylic acids is 2. The summed E-state index contributed by atoms with van der Waals surface area (Å²) in [5, 5.41) is 55.0. The molecular weight excluding hydrogens is 432 g/mol. The van der Waals surface area contributed by atoms with E-state index in [0.29, 0.717) is 0 Å². The minimum absolute atomic E-state index is 0.140. The monoisotopic (exact) mass is 450 g/mol. The molecule has 2 aromatic rings. The molecule has 0 aliphatic rings. The molecule has 2 rings (SSSR count). The predicted octanol–water partition coefficient (Wildman–Crippen LogP) is 0.0632. The smallest absolute Gasteiger partial charge is 0.338 e. The molecule has 170 valence electrons. The van der Waals surface area contributed by atoms with Gasteiger partial charge in [-0.1, -0.05) is 6.07 Å². The summed E-state index contributed by atoms with van der Waals surface area (Å²) < 4.78 is 9.75. The molecule has 0 amide bonds. The molecular formula is C20H18O12. The van der Waals surface area contributed by atoms with E-state index in [1.807, 2.05) is 0 Å². The van der Waals surface area contributed by atoms with Gasteiger partial charge in [0, 0.05) is 11.1 Å². The molecule has 0 aliphatic heterocycles. The van der Waals surface area contributed by atoms with Crippen LogP contribution in [0.4, 0.5) is 0 Å². The molecule has 32 heavy (non-hydrogen) atoms. The zero-order valence-corrected chi connectivity index (χ0v) is 16.2. The molecule has 0 unspecified atom stereocenters. The van der Waals surface area contributed by atoms with E-state index < -0.39 is 60.8 Å². The lowest BCUT2D eigenvalue weighted by molar-refractivity contribution is -0.0635. The first kappa shape index (κ1) is 24.4. The van der Waals surface area contributed by atoms with Crippen molar-refractivity contribution in [2.24, 2.45) is 0 Å². The van der Waals surface area contributed by atoms with Crippen molar-refractivity contribution in [3.05, 3.63) is 69.8 Å². The van der Waals surface area contributed by atoms with Crippen molar-refractivity contribution < 1.29 is 59.3 Å². The number of carboxylic acid groups (broad SMARTS) is 2. The van der Waals surface area contributed by atoms with Crippen molar-refractivity contribution in [3.8, 4) is 0 Å². The zero-order chi connectivity index (χ0) is 24.0. The lowest BCUT2D eigenvalue weighted by Crippen LogP contribution is -2.16. The van der Waals surface area contributed by atoms with Crippen LogP contribution in [0.15, 0.2) is 36.4 Å². The maximum absolute atomic E-state index is 12.1.